The summed E-state index contributed by atoms with van der Waals surface area (Å²) < 4.78 is 1.59. The van der Waals surface area contributed by atoms with Crippen molar-refractivity contribution in [2.45, 2.75) is 17.5 Å². The van der Waals surface area contributed by atoms with E-state index >= 15 is 0 Å². The van der Waals surface area contributed by atoms with Gasteiger partial charge in [-0.3, -0.25) is 9.36 Å². The fraction of sp³-hybridized carbons (Fsp3) is 0.0833. The number of rotatable bonds is 6. The Morgan fingerprint density at radius 1 is 1.12 bits per heavy atom. The van der Waals surface area contributed by atoms with E-state index in [2.05, 4.69) is 15.3 Å². The van der Waals surface area contributed by atoms with Crippen molar-refractivity contribution < 1.29 is 0 Å². The first-order valence-electron chi connectivity index (χ1n) is 10.4. The zero-order valence-corrected chi connectivity index (χ0v) is 20.4. The van der Waals surface area contributed by atoms with E-state index in [-0.39, 0.29) is 16.9 Å². The summed E-state index contributed by atoms with van der Waals surface area (Å²) >= 11 is 9.37. The number of hydrogen-bond acceptors (Lipinski definition) is 8. The summed E-state index contributed by atoms with van der Waals surface area (Å²) in [7, 11) is 0. The third-order valence-corrected chi connectivity index (χ3v) is 7.05. The van der Waals surface area contributed by atoms with Gasteiger partial charge in [-0.25, -0.2) is 9.97 Å². The molecule has 5 aromatic rings. The quantitative estimate of drug-likeness (QED) is 0.173. The van der Waals surface area contributed by atoms with Gasteiger partial charge in [0.15, 0.2) is 5.16 Å². The molecule has 1 atom stereocenters. The highest BCUT2D eigenvalue weighted by Crippen LogP contribution is 2.32. The molecule has 0 bridgehead atoms. The molecule has 0 unspecified atom stereocenters. The van der Waals surface area contributed by atoms with E-state index in [4.69, 9.17) is 22.3 Å². The first-order chi connectivity index (χ1) is 16.5. The maximum atomic E-state index is 13.5. The van der Waals surface area contributed by atoms with E-state index in [1.54, 1.807) is 40.3 Å². The van der Waals surface area contributed by atoms with Crippen LogP contribution in [0.2, 0.25) is 5.02 Å². The number of nitrogen functional groups attached to an aromatic ring is 1. The lowest BCUT2D eigenvalue weighted by atomic mass is 10.2. The van der Waals surface area contributed by atoms with Crippen molar-refractivity contribution in [1.82, 2.24) is 19.5 Å². The number of fused-ring (bicyclic) bond motifs is 1. The topological polar surface area (TPSA) is 98.7 Å². The second-order valence-corrected chi connectivity index (χ2v) is 9.91. The van der Waals surface area contributed by atoms with Gasteiger partial charge in [-0.2, -0.15) is 16.3 Å². The van der Waals surface area contributed by atoms with Gasteiger partial charge in [0.1, 0.15) is 5.82 Å². The molecular formula is C24H19ClN6OS2. The number of thiophene rings is 1. The van der Waals surface area contributed by atoms with Gasteiger partial charge in [-0.05, 0) is 53.6 Å². The molecule has 0 saturated heterocycles. The van der Waals surface area contributed by atoms with Crippen LogP contribution in [0.4, 0.5) is 11.8 Å². The SMILES string of the molecule is C[C@@H](Nc1nc(N)ncc1-c1ccsc1)Sc1nc2cccc(Cl)c2c(=O)n1-c1ccccc1. The maximum Gasteiger partial charge on any atom is 0.268 e. The number of para-hydroxylation sites is 1. The molecule has 170 valence electrons. The van der Waals surface area contributed by atoms with Gasteiger partial charge in [0, 0.05) is 11.8 Å². The van der Waals surface area contributed by atoms with Crippen molar-refractivity contribution in [3.8, 4) is 16.8 Å². The largest absolute Gasteiger partial charge is 0.368 e. The zero-order valence-electron chi connectivity index (χ0n) is 18.0. The third kappa shape index (κ3) is 4.37. The van der Waals surface area contributed by atoms with Gasteiger partial charge in [0.05, 0.1) is 27.0 Å². The van der Waals surface area contributed by atoms with E-state index in [1.165, 1.54) is 11.8 Å². The first kappa shape index (κ1) is 22.4. The molecule has 0 aliphatic carbocycles. The molecule has 7 nitrogen and oxygen atoms in total. The molecule has 10 heteroatoms. The van der Waals surface area contributed by atoms with Crippen LogP contribution < -0.4 is 16.6 Å². The van der Waals surface area contributed by atoms with Gasteiger partial charge in [0.25, 0.3) is 5.56 Å². The summed E-state index contributed by atoms with van der Waals surface area (Å²) in [6.07, 6.45) is 1.71. The lowest BCUT2D eigenvalue weighted by Gasteiger charge is -2.19. The van der Waals surface area contributed by atoms with Crippen LogP contribution in [0.3, 0.4) is 0 Å². The highest BCUT2D eigenvalue weighted by Gasteiger charge is 2.19. The van der Waals surface area contributed by atoms with Crippen LogP contribution in [-0.2, 0) is 0 Å². The maximum absolute atomic E-state index is 13.5. The molecule has 0 aliphatic heterocycles. The Bertz CT molecular complexity index is 1520. The van der Waals surface area contributed by atoms with Gasteiger partial charge >= 0.3 is 0 Å². The van der Waals surface area contributed by atoms with Gasteiger partial charge in [0.2, 0.25) is 5.95 Å². The van der Waals surface area contributed by atoms with E-state index in [9.17, 15) is 4.79 Å². The van der Waals surface area contributed by atoms with Gasteiger partial charge in [-0.15, -0.1) is 0 Å². The second kappa shape index (κ2) is 9.46. The molecule has 34 heavy (non-hydrogen) atoms. The van der Waals surface area contributed by atoms with Crippen LogP contribution in [0.5, 0.6) is 0 Å². The molecule has 3 heterocycles. The predicted octanol–water partition coefficient (Wildman–Crippen LogP) is 5.69. The smallest absolute Gasteiger partial charge is 0.268 e. The summed E-state index contributed by atoms with van der Waals surface area (Å²) in [4.78, 5) is 26.9. The van der Waals surface area contributed by atoms with Crippen molar-refractivity contribution in [3.05, 3.63) is 86.9 Å². The molecular weight excluding hydrogens is 488 g/mol. The van der Waals surface area contributed by atoms with Crippen LogP contribution in [-0.4, -0.2) is 24.9 Å². The average Bonchev–Trinajstić information content (AvgIpc) is 3.34. The van der Waals surface area contributed by atoms with Crippen LogP contribution >= 0.6 is 34.7 Å². The van der Waals surface area contributed by atoms with Crippen LogP contribution in [0.15, 0.2) is 81.5 Å². The Morgan fingerprint density at radius 3 is 2.71 bits per heavy atom. The molecule has 0 saturated carbocycles. The number of nitrogens with one attached hydrogen (secondary N) is 1. The second-order valence-electron chi connectivity index (χ2n) is 7.41. The van der Waals surface area contributed by atoms with Crippen LogP contribution in [0, 0.1) is 0 Å². The highest BCUT2D eigenvalue weighted by molar-refractivity contribution is 7.99. The van der Waals surface area contributed by atoms with Crippen molar-refractivity contribution >= 4 is 57.4 Å². The van der Waals surface area contributed by atoms with Crippen molar-refractivity contribution in [2.24, 2.45) is 0 Å². The zero-order chi connectivity index (χ0) is 23.7. The minimum absolute atomic E-state index is 0.179. The summed E-state index contributed by atoms with van der Waals surface area (Å²) in [6, 6.07) is 16.7. The molecule has 0 spiro atoms. The number of benzene rings is 2. The Hall–Kier alpha value is -3.40. The number of anilines is 2. The minimum Gasteiger partial charge on any atom is -0.368 e. The fourth-order valence-corrected chi connectivity index (χ4v) is 5.41. The van der Waals surface area contributed by atoms with Crippen molar-refractivity contribution in [3.63, 3.8) is 0 Å². The predicted molar refractivity (Wildman–Crippen MR) is 141 cm³/mol. The highest BCUT2D eigenvalue weighted by atomic mass is 35.5. The molecule has 0 radical (unpaired) electrons. The number of aromatic nitrogens is 4. The number of nitrogens with zero attached hydrogens (tertiary/aromatic N) is 4. The Labute approximate surface area is 208 Å². The Kier molecular flexibility index (Phi) is 6.23. The van der Waals surface area contributed by atoms with Crippen molar-refractivity contribution in [1.29, 1.82) is 0 Å². The average molecular weight is 507 g/mol. The molecule has 3 aromatic heterocycles. The van der Waals surface area contributed by atoms with E-state index in [1.807, 2.05) is 54.1 Å². The number of halogens is 1. The first-order valence-corrected chi connectivity index (χ1v) is 12.6. The third-order valence-electron chi connectivity index (χ3n) is 5.09. The number of thioether (sulfide) groups is 1. The van der Waals surface area contributed by atoms with Crippen LogP contribution in [0.25, 0.3) is 27.7 Å². The lowest BCUT2D eigenvalue weighted by molar-refractivity contribution is 0.816. The summed E-state index contributed by atoms with van der Waals surface area (Å²) in [5.41, 5.74) is 8.76. The van der Waals surface area contributed by atoms with Crippen molar-refractivity contribution in [2.75, 3.05) is 11.1 Å². The standard InChI is InChI=1S/C24H19ClN6OS2/c1-14(28-21-17(12-27-23(26)30-21)15-10-11-33-13-15)34-24-29-19-9-5-8-18(25)20(19)22(32)31(24)16-6-3-2-4-7-16/h2-14H,1H3,(H3,26,27,28,30)/t14-/m0/s1. The summed E-state index contributed by atoms with van der Waals surface area (Å²) in [5, 5.41) is 8.52. The van der Waals surface area contributed by atoms with Gasteiger partial charge < -0.3 is 11.1 Å². The minimum atomic E-state index is -0.221. The molecule has 3 N–H and O–H groups in total. The molecule has 0 aliphatic rings. The van der Waals surface area contributed by atoms with E-state index in [0.29, 0.717) is 32.6 Å². The summed E-state index contributed by atoms with van der Waals surface area (Å²) in [5.74, 6) is 0.793. The number of nitrogens with two attached hydrogens (primary N) is 1. The van der Waals surface area contributed by atoms with E-state index in [0.717, 1.165) is 11.1 Å². The molecule has 5 rings (SSSR count). The number of hydrogen-bond donors (Lipinski definition) is 2. The lowest BCUT2D eigenvalue weighted by Crippen LogP contribution is -2.24. The van der Waals surface area contributed by atoms with Crippen LogP contribution in [0.1, 0.15) is 6.92 Å². The fourth-order valence-electron chi connectivity index (χ4n) is 3.57. The summed E-state index contributed by atoms with van der Waals surface area (Å²) in [6.45, 7) is 1.98. The molecule has 0 amide bonds. The Morgan fingerprint density at radius 2 is 1.94 bits per heavy atom. The normalized spacial score (nSPS) is 12.1. The monoisotopic (exact) mass is 506 g/mol. The van der Waals surface area contributed by atoms with Gasteiger partial charge in [-0.1, -0.05) is 47.6 Å². The Balaban J connectivity index is 1.56. The molecule has 2 aromatic carbocycles. The van der Waals surface area contributed by atoms with E-state index < -0.39 is 0 Å². The molecule has 0 fully saturated rings.